The summed E-state index contributed by atoms with van der Waals surface area (Å²) in [6.07, 6.45) is 4.81. The summed E-state index contributed by atoms with van der Waals surface area (Å²) in [5.41, 5.74) is 2.02. The number of allylic oxidation sites excluding steroid dienone is 1. The Bertz CT molecular complexity index is 1200. The Morgan fingerprint density at radius 2 is 1.97 bits per heavy atom. The summed E-state index contributed by atoms with van der Waals surface area (Å²) < 4.78 is 15.3. The van der Waals surface area contributed by atoms with Crippen molar-refractivity contribution in [1.82, 2.24) is 19.6 Å². The van der Waals surface area contributed by atoms with Gasteiger partial charge in [0.1, 0.15) is 0 Å². The first-order chi connectivity index (χ1) is 18.4. The summed E-state index contributed by atoms with van der Waals surface area (Å²) in [5, 5.41) is 12.0. The molecule has 0 radical (unpaired) electrons. The summed E-state index contributed by atoms with van der Waals surface area (Å²) in [5.74, 6) is -0.459. The molecule has 2 aromatic rings. The molecule has 0 spiro atoms. The van der Waals surface area contributed by atoms with Crippen molar-refractivity contribution < 1.29 is 24.2 Å². The van der Waals surface area contributed by atoms with Crippen LogP contribution in [0.1, 0.15) is 55.7 Å². The van der Waals surface area contributed by atoms with E-state index in [1.54, 1.807) is 10.8 Å². The topological polar surface area (TPSA) is 115 Å². The molecule has 0 saturated carbocycles. The second-order valence-corrected chi connectivity index (χ2v) is 9.79. The Kier molecular flexibility index (Phi) is 9.41. The number of unbranched alkanes of at least 4 members (excludes halogenated alkanes) is 1. The van der Waals surface area contributed by atoms with Crippen LogP contribution in [-0.2, 0) is 26.1 Å². The van der Waals surface area contributed by atoms with E-state index in [1.165, 1.54) is 0 Å². The number of rotatable bonds is 12. The van der Waals surface area contributed by atoms with Gasteiger partial charge in [-0.15, -0.1) is 0 Å². The molecule has 0 bridgehead atoms. The highest BCUT2D eigenvalue weighted by Gasteiger charge is 2.33. The fraction of sp³-hybridized carbons (Fsp3) is 0.536. The summed E-state index contributed by atoms with van der Waals surface area (Å²) in [6.45, 7) is 4.14. The molecule has 206 valence electrons. The minimum absolute atomic E-state index is 0.0797. The van der Waals surface area contributed by atoms with Gasteiger partial charge < -0.3 is 24.8 Å². The van der Waals surface area contributed by atoms with Crippen LogP contribution < -0.4 is 10.9 Å². The van der Waals surface area contributed by atoms with Crippen LogP contribution in [0.5, 0.6) is 0 Å². The van der Waals surface area contributed by atoms with E-state index >= 15 is 0 Å². The molecule has 4 rings (SSSR count). The molecule has 2 atom stereocenters. The zero-order valence-electron chi connectivity index (χ0n) is 22.2. The number of nitrogens with zero attached hydrogens (tertiary/aromatic N) is 3. The van der Waals surface area contributed by atoms with Gasteiger partial charge >= 0.3 is 0 Å². The number of hydrogen-bond acceptors (Lipinski definition) is 6. The molecule has 2 N–H and O–H groups in total. The van der Waals surface area contributed by atoms with E-state index in [9.17, 15) is 14.4 Å². The number of benzene rings is 1. The molecule has 38 heavy (non-hydrogen) atoms. The minimum atomic E-state index is -0.698. The van der Waals surface area contributed by atoms with E-state index in [-0.39, 0.29) is 35.7 Å². The molecular formula is C28H38N4O6. The van der Waals surface area contributed by atoms with Gasteiger partial charge in [0.2, 0.25) is 12.2 Å². The van der Waals surface area contributed by atoms with Gasteiger partial charge in [-0.1, -0.05) is 18.2 Å². The Morgan fingerprint density at radius 1 is 1.18 bits per heavy atom. The van der Waals surface area contributed by atoms with Crippen LogP contribution in [0.4, 0.5) is 0 Å². The third-order valence-corrected chi connectivity index (χ3v) is 7.17. The maximum atomic E-state index is 13.6. The number of aliphatic hydroxyl groups excluding tert-OH is 1. The number of likely N-dealkylation sites (tertiary alicyclic amines) is 1. The fourth-order valence-electron chi connectivity index (χ4n) is 5.06. The van der Waals surface area contributed by atoms with Crippen molar-refractivity contribution >= 4 is 11.8 Å². The van der Waals surface area contributed by atoms with Crippen LogP contribution in [0.25, 0.3) is 5.69 Å². The number of carbonyl (C=O) groups excluding carboxylic acids is 2. The maximum absolute atomic E-state index is 13.6. The molecule has 1 aromatic carbocycles. The van der Waals surface area contributed by atoms with E-state index in [0.717, 1.165) is 24.3 Å². The van der Waals surface area contributed by atoms with Crippen LogP contribution in [-0.4, -0.2) is 70.3 Å². The van der Waals surface area contributed by atoms with E-state index < -0.39 is 6.29 Å². The lowest BCUT2D eigenvalue weighted by molar-refractivity contribution is -0.146. The number of para-hydroxylation sites is 1. The number of nitrogens with one attached hydrogen (secondary N) is 1. The smallest absolute Gasteiger partial charge is 0.286 e. The zero-order valence-corrected chi connectivity index (χ0v) is 22.2. The third-order valence-electron chi connectivity index (χ3n) is 7.17. The normalized spacial score (nSPS) is 19.4. The van der Waals surface area contributed by atoms with Crippen LogP contribution in [0.3, 0.4) is 0 Å². The average Bonchev–Trinajstić information content (AvgIpc) is 3.43. The fourth-order valence-corrected chi connectivity index (χ4v) is 5.06. The number of ether oxygens (including phenoxy) is 2. The molecule has 2 amide bonds. The molecule has 0 aliphatic carbocycles. The lowest BCUT2D eigenvalue weighted by Crippen LogP contribution is -2.35. The molecule has 10 heteroatoms. The van der Waals surface area contributed by atoms with Gasteiger partial charge in [0.05, 0.1) is 12.3 Å². The van der Waals surface area contributed by atoms with Gasteiger partial charge in [0.15, 0.2) is 5.76 Å². The number of hydrogen-bond donors (Lipinski definition) is 2. The highest BCUT2D eigenvalue weighted by atomic mass is 16.7. The zero-order chi connectivity index (χ0) is 27.1. The Hall–Kier alpha value is -3.37. The van der Waals surface area contributed by atoms with Crippen molar-refractivity contribution in [2.24, 2.45) is 7.05 Å². The first-order valence-electron chi connectivity index (χ1n) is 13.4. The molecule has 10 nitrogen and oxygen atoms in total. The predicted molar refractivity (Wildman–Crippen MR) is 142 cm³/mol. The largest absolute Gasteiger partial charge is 0.459 e. The molecule has 1 aromatic heterocycles. The molecular weight excluding hydrogens is 488 g/mol. The SMILES string of the molecule is Cc1c([C@H]2C=C(C(=O)NCCCN3CCCC3=O)O[C@@H](OCCCCO)C2)c(=O)n(-c2ccccc2)n1C. The first-order valence-corrected chi connectivity index (χ1v) is 13.4. The van der Waals surface area contributed by atoms with Crippen molar-refractivity contribution in [3.63, 3.8) is 0 Å². The predicted octanol–water partition coefficient (Wildman–Crippen LogP) is 2.12. The van der Waals surface area contributed by atoms with Crippen LogP contribution in [0.15, 0.2) is 47.0 Å². The van der Waals surface area contributed by atoms with Crippen molar-refractivity contribution in [3.05, 3.63) is 63.8 Å². The Morgan fingerprint density at radius 3 is 2.68 bits per heavy atom. The molecule has 2 aliphatic heterocycles. The molecule has 3 heterocycles. The van der Waals surface area contributed by atoms with Crippen molar-refractivity contribution in [1.29, 1.82) is 0 Å². The van der Waals surface area contributed by atoms with Crippen molar-refractivity contribution in [3.8, 4) is 5.69 Å². The van der Waals surface area contributed by atoms with E-state index in [2.05, 4.69) is 5.32 Å². The summed E-state index contributed by atoms with van der Waals surface area (Å²) in [6, 6.07) is 9.43. The Labute approximate surface area is 222 Å². The number of aromatic nitrogens is 2. The van der Waals surface area contributed by atoms with Crippen LogP contribution >= 0.6 is 0 Å². The highest BCUT2D eigenvalue weighted by Crippen LogP contribution is 2.32. The number of aliphatic hydroxyl groups is 1. The molecule has 1 saturated heterocycles. The van der Waals surface area contributed by atoms with E-state index in [1.807, 2.05) is 53.9 Å². The second-order valence-electron chi connectivity index (χ2n) is 9.79. The molecule has 1 fully saturated rings. The summed E-state index contributed by atoms with van der Waals surface area (Å²) in [4.78, 5) is 40.3. The number of amides is 2. The lowest BCUT2D eigenvalue weighted by Gasteiger charge is -2.29. The van der Waals surface area contributed by atoms with Crippen molar-refractivity contribution in [2.45, 2.75) is 57.7 Å². The molecule has 0 unspecified atom stereocenters. The van der Waals surface area contributed by atoms with Crippen molar-refractivity contribution in [2.75, 3.05) is 32.8 Å². The second kappa shape index (κ2) is 12.9. The maximum Gasteiger partial charge on any atom is 0.286 e. The van der Waals surface area contributed by atoms with E-state index in [4.69, 9.17) is 14.6 Å². The Balaban J connectivity index is 1.52. The first kappa shape index (κ1) is 27.7. The lowest BCUT2D eigenvalue weighted by atomic mass is 9.93. The minimum Gasteiger partial charge on any atom is -0.459 e. The van der Waals surface area contributed by atoms with Gasteiger partial charge in [-0.3, -0.25) is 19.1 Å². The third kappa shape index (κ3) is 6.36. The van der Waals surface area contributed by atoms with Gasteiger partial charge in [0, 0.05) is 63.3 Å². The number of carbonyl (C=O) groups is 2. The highest BCUT2D eigenvalue weighted by molar-refractivity contribution is 5.91. The van der Waals surface area contributed by atoms with Gasteiger partial charge in [-0.05, 0) is 50.8 Å². The van der Waals surface area contributed by atoms with Crippen LogP contribution in [0.2, 0.25) is 0 Å². The monoisotopic (exact) mass is 526 g/mol. The van der Waals surface area contributed by atoms with Gasteiger partial charge in [0.25, 0.3) is 11.5 Å². The summed E-state index contributed by atoms with van der Waals surface area (Å²) in [7, 11) is 1.85. The quantitative estimate of drug-likeness (QED) is 0.410. The standard InChI is InChI=1S/C28H38N4O6/c1-20-26(28(36)32(30(20)2)22-10-4-3-5-11-22)21-18-23(38-25(19-21)37-17-7-6-16-33)27(35)29-13-9-15-31-14-8-12-24(31)34/h3-5,10-11,18,21,25,33H,6-9,12-17,19H2,1-2H3,(H,29,35)/t21-,25+/m0/s1. The van der Waals surface area contributed by atoms with E-state index in [0.29, 0.717) is 57.4 Å². The van der Waals surface area contributed by atoms with Gasteiger partial charge in [-0.25, -0.2) is 4.68 Å². The molecule has 2 aliphatic rings. The average molecular weight is 527 g/mol. The van der Waals surface area contributed by atoms with Crippen LogP contribution in [0, 0.1) is 6.92 Å². The summed E-state index contributed by atoms with van der Waals surface area (Å²) >= 11 is 0. The van der Waals surface area contributed by atoms with Gasteiger partial charge in [-0.2, -0.15) is 0 Å².